The average Bonchev–Trinajstić information content (AvgIpc) is 3.03. The number of benzene rings is 2. The van der Waals surface area contributed by atoms with Gasteiger partial charge in [-0.3, -0.25) is 4.79 Å². The highest BCUT2D eigenvalue weighted by Crippen LogP contribution is 2.19. The van der Waals surface area contributed by atoms with Crippen LogP contribution in [0.3, 0.4) is 0 Å². The number of aromatic nitrogens is 2. The number of esters is 1. The van der Waals surface area contributed by atoms with Crippen molar-refractivity contribution in [1.82, 2.24) is 9.78 Å². The Morgan fingerprint density at radius 1 is 1.10 bits per heavy atom. The molecular formula is C22H20N4O3. The normalized spacial score (nSPS) is 11.4. The molecule has 7 heteroatoms. The maximum Gasteiger partial charge on any atom is 0.342 e. The predicted molar refractivity (Wildman–Crippen MR) is 108 cm³/mol. The summed E-state index contributed by atoms with van der Waals surface area (Å²) in [4.78, 5) is 25.0. The topological polar surface area (TPSA) is 97.0 Å². The van der Waals surface area contributed by atoms with Crippen LogP contribution in [0.2, 0.25) is 0 Å². The molecule has 0 aliphatic rings. The number of ether oxygens (including phenoxy) is 1. The van der Waals surface area contributed by atoms with E-state index in [-0.39, 0.29) is 0 Å². The van der Waals surface area contributed by atoms with Crippen LogP contribution in [-0.4, -0.2) is 27.8 Å². The first-order valence-electron chi connectivity index (χ1n) is 9.04. The second kappa shape index (κ2) is 8.40. The lowest BCUT2D eigenvalue weighted by atomic mass is 10.2. The van der Waals surface area contributed by atoms with Crippen molar-refractivity contribution in [1.29, 1.82) is 5.26 Å². The van der Waals surface area contributed by atoms with Gasteiger partial charge in [0.1, 0.15) is 5.56 Å². The summed E-state index contributed by atoms with van der Waals surface area (Å²) in [6.07, 6.45) is -1.00. The first-order valence-corrected chi connectivity index (χ1v) is 9.04. The summed E-state index contributed by atoms with van der Waals surface area (Å²) in [5, 5.41) is 15.9. The van der Waals surface area contributed by atoms with Crippen LogP contribution >= 0.6 is 0 Å². The lowest BCUT2D eigenvalue weighted by molar-refractivity contribution is -0.123. The molecule has 3 aromatic rings. The molecular weight excluding hydrogens is 368 g/mol. The van der Waals surface area contributed by atoms with Crippen LogP contribution in [0.4, 0.5) is 5.69 Å². The summed E-state index contributed by atoms with van der Waals surface area (Å²) in [7, 11) is 0. The van der Waals surface area contributed by atoms with Gasteiger partial charge >= 0.3 is 5.97 Å². The van der Waals surface area contributed by atoms with E-state index in [0.717, 1.165) is 5.69 Å². The highest BCUT2D eigenvalue weighted by atomic mass is 16.5. The summed E-state index contributed by atoms with van der Waals surface area (Å²) >= 11 is 0. The molecule has 0 radical (unpaired) electrons. The van der Waals surface area contributed by atoms with Gasteiger partial charge < -0.3 is 10.1 Å². The van der Waals surface area contributed by atoms with Crippen LogP contribution in [0.15, 0.2) is 54.6 Å². The van der Waals surface area contributed by atoms with E-state index >= 15 is 0 Å². The maximum atomic E-state index is 12.7. The number of nitriles is 1. The van der Waals surface area contributed by atoms with E-state index in [2.05, 4.69) is 10.4 Å². The molecule has 0 saturated carbocycles. The number of para-hydroxylation sites is 1. The zero-order valence-corrected chi connectivity index (χ0v) is 16.3. The van der Waals surface area contributed by atoms with Crippen molar-refractivity contribution in [2.24, 2.45) is 0 Å². The average molecular weight is 388 g/mol. The number of rotatable bonds is 5. The van der Waals surface area contributed by atoms with Crippen LogP contribution in [0, 0.1) is 25.2 Å². The molecule has 0 aliphatic heterocycles. The molecule has 0 aliphatic carbocycles. The third-order valence-corrected chi connectivity index (χ3v) is 4.43. The molecule has 0 unspecified atom stereocenters. The number of hydrogen-bond donors (Lipinski definition) is 1. The van der Waals surface area contributed by atoms with E-state index < -0.39 is 18.0 Å². The summed E-state index contributed by atoms with van der Waals surface area (Å²) in [6, 6.07) is 17.9. The predicted octanol–water partition coefficient (Wildman–Crippen LogP) is 3.54. The van der Waals surface area contributed by atoms with Crippen molar-refractivity contribution < 1.29 is 14.3 Å². The molecule has 1 atom stereocenters. The van der Waals surface area contributed by atoms with Gasteiger partial charge in [0.15, 0.2) is 6.10 Å². The van der Waals surface area contributed by atoms with Gasteiger partial charge in [-0.05, 0) is 57.2 Å². The fourth-order valence-electron chi connectivity index (χ4n) is 2.90. The monoisotopic (exact) mass is 388 g/mol. The van der Waals surface area contributed by atoms with Crippen molar-refractivity contribution in [2.75, 3.05) is 5.32 Å². The van der Waals surface area contributed by atoms with Gasteiger partial charge in [-0.25, -0.2) is 9.48 Å². The highest BCUT2D eigenvalue weighted by molar-refractivity contribution is 5.98. The summed E-state index contributed by atoms with van der Waals surface area (Å²) in [5.74, 6) is -1.07. The van der Waals surface area contributed by atoms with Gasteiger partial charge in [-0.15, -0.1) is 0 Å². The van der Waals surface area contributed by atoms with Crippen LogP contribution in [0.1, 0.15) is 34.2 Å². The minimum Gasteiger partial charge on any atom is -0.449 e. The van der Waals surface area contributed by atoms with E-state index in [1.165, 1.54) is 6.92 Å². The van der Waals surface area contributed by atoms with Crippen molar-refractivity contribution in [3.8, 4) is 11.8 Å². The summed E-state index contributed by atoms with van der Waals surface area (Å²) < 4.78 is 7.04. The molecule has 0 spiro atoms. The van der Waals surface area contributed by atoms with Gasteiger partial charge in [-0.2, -0.15) is 10.4 Å². The van der Waals surface area contributed by atoms with Crippen LogP contribution < -0.4 is 5.32 Å². The Balaban J connectivity index is 1.71. The molecule has 3 rings (SSSR count). The molecule has 0 bridgehead atoms. The zero-order chi connectivity index (χ0) is 21.0. The molecule has 1 heterocycles. The third kappa shape index (κ3) is 4.33. The Hall–Kier alpha value is -3.92. The van der Waals surface area contributed by atoms with Gasteiger partial charge in [0.2, 0.25) is 0 Å². The van der Waals surface area contributed by atoms with Gasteiger partial charge in [-0.1, -0.05) is 18.2 Å². The van der Waals surface area contributed by atoms with Gasteiger partial charge in [0, 0.05) is 5.69 Å². The molecule has 29 heavy (non-hydrogen) atoms. The molecule has 0 saturated heterocycles. The van der Waals surface area contributed by atoms with Crippen LogP contribution in [0.5, 0.6) is 0 Å². The number of amides is 1. The molecule has 0 fully saturated rings. The second-order valence-electron chi connectivity index (χ2n) is 6.52. The molecule has 7 nitrogen and oxygen atoms in total. The van der Waals surface area contributed by atoms with E-state index in [1.54, 1.807) is 42.8 Å². The maximum absolute atomic E-state index is 12.7. The van der Waals surface area contributed by atoms with Crippen LogP contribution in [0.25, 0.3) is 5.69 Å². The number of anilines is 1. The first kappa shape index (κ1) is 19.8. The van der Waals surface area contributed by atoms with E-state index in [0.29, 0.717) is 28.2 Å². The number of nitrogens with zero attached hydrogens (tertiary/aromatic N) is 3. The Labute approximate surface area is 168 Å². The fourth-order valence-corrected chi connectivity index (χ4v) is 2.90. The molecule has 1 aromatic heterocycles. The fraction of sp³-hybridized carbons (Fsp3) is 0.182. The Morgan fingerprint density at radius 2 is 1.76 bits per heavy atom. The molecule has 1 amide bonds. The number of carbonyl (C=O) groups excluding carboxylic acids is 2. The quantitative estimate of drug-likeness (QED) is 0.674. The van der Waals surface area contributed by atoms with Crippen molar-refractivity contribution in [3.63, 3.8) is 0 Å². The molecule has 146 valence electrons. The smallest absolute Gasteiger partial charge is 0.342 e. The first-order chi connectivity index (χ1) is 13.9. The van der Waals surface area contributed by atoms with Crippen LogP contribution in [-0.2, 0) is 9.53 Å². The minimum atomic E-state index is -1.00. The minimum absolute atomic E-state index is 0.340. The highest BCUT2D eigenvalue weighted by Gasteiger charge is 2.25. The number of aryl methyl sites for hydroxylation is 1. The number of hydrogen-bond acceptors (Lipinski definition) is 5. The SMILES string of the molecule is Cc1nn(-c2ccccc2)c(C)c1C(=O)O[C@H](C)C(=O)Nc1ccc(C#N)cc1. The number of nitrogens with one attached hydrogen (secondary N) is 1. The van der Waals surface area contributed by atoms with Gasteiger partial charge in [0.05, 0.1) is 28.7 Å². The standard InChI is InChI=1S/C22H20N4O3/c1-14-20(15(2)26(25-14)19-7-5-4-6-8-19)22(28)29-16(3)21(27)24-18-11-9-17(13-23)10-12-18/h4-12,16H,1-3H3,(H,24,27)/t16-/m1/s1. The molecule has 2 aromatic carbocycles. The zero-order valence-electron chi connectivity index (χ0n) is 16.3. The van der Waals surface area contributed by atoms with E-state index in [9.17, 15) is 9.59 Å². The Bertz CT molecular complexity index is 1080. The lowest BCUT2D eigenvalue weighted by Crippen LogP contribution is -2.30. The second-order valence-corrected chi connectivity index (χ2v) is 6.52. The van der Waals surface area contributed by atoms with Crippen molar-refractivity contribution in [2.45, 2.75) is 26.9 Å². The largest absolute Gasteiger partial charge is 0.449 e. The Morgan fingerprint density at radius 3 is 2.38 bits per heavy atom. The lowest BCUT2D eigenvalue weighted by Gasteiger charge is -2.14. The van der Waals surface area contributed by atoms with E-state index in [1.807, 2.05) is 36.4 Å². The summed E-state index contributed by atoms with van der Waals surface area (Å²) in [6.45, 7) is 5.01. The summed E-state index contributed by atoms with van der Waals surface area (Å²) in [5.41, 5.74) is 3.34. The van der Waals surface area contributed by atoms with E-state index in [4.69, 9.17) is 10.00 Å². The Kier molecular flexibility index (Phi) is 5.74. The molecule has 1 N–H and O–H groups in total. The van der Waals surface area contributed by atoms with Crippen molar-refractivity contribution in [3.05, 3.63) is 77.1 Å². The number of carbonyl (C=O) groups is 2. The van der Waals surface area contributed by atoms with Crippen molar-refractivity contribution >= 4 is 17.6 Å². The van der Waals surface area contributed by atoms with Gasteiger partial charge in [0.25, 0.3) is 5.91 Å². The third-order valence-electron chi connectivity index (χ3n) is 4.43.